The minimum absolute atomic E-state index is 0.392. The summed E-state index contributed by atoms with van der Waals surface area (Å²) in [6, 6.07) is 3.72. The second-order valence-corrected chi connectivity index (χ2v) is 3.76. The Hall–Kier alpha value is -1.68. The van der Waals surface area contributed by atoms with Crippen molar-refractivity contribution in [3.8, 4) is 11.5 Å². The fourth-order valence-corrected chi connectivity index (χ4v) is 2.10. The molecule has 0 aliphatic rings. The van der Waals surface area contributed by atoms with E-state index in [0.29, 0.717) is 12.3 Å². The number of fused-ring (bicyclic) bond motifs is 1. The van der Waals surface area contributed by atoms with Gasteiger partial charge < -0.3 is 19.6 Å². The van der Waals surface area contributed by atoms with Gasteiger partial charge in [0.2, 0.25) is 0 Å². The quantitative estimate of drug-likeness (QED) is 0.884. The van der Waals surface area contributed by atoms with Crippen LogP contribution < -0.4 is 15.2 Å². The van der Waals surface area contributed by atoms with Gasteiger partial charge in [-0.15, -0.1) is 0 Å². The van der Waals surface area contributed by atoms with Gasteiger partial charge >= 0.3 is 0 Å². The van der Waals surface area contributed by atoms with Gasteiger partial charge in [-0.25, -0.2) is 0 Å². The molecular formula is C13H17NO3. The lowest BCUT2D eigenvalue weighted by molar-refractivity contribution is 0.397. The molecule has 0 atom stereocenters. The molecule has 2 aromatic rings. The zero-order valence-corrected chi connectivity index (χ0v) is 10.4. The fourth-order valence-electron chi connectivity index (χ4n) is 2.10. The summed E-state index contributed by atoms with van der Waals surface area (Å²) in [6.07, 6.45) is 0.863. The molecule has 4 heteroatoms. The third kappa shape index (κ3) is 1.85. The van der Waals surface area contributed by atoms with Crippen LogP contribution in [0.5, 0.6) is 11.5 Å². The van der Waals surface area contributed by atoms with Crippen molar-refractivity contribution in [2.75, 3.05) is 14.2 Å². The van der Waals surface area contributed by atoms with Crippen molar-refractivity contribution in [3.05, 3.63) is 23.5 Å². The van der Waals surface area contributed by atoms with E-state index in [2.05, 4.69) is 6.92 Å². The standard InChI is InChI=1S/C13H17NO3/c1-4-9-12(7-14)17-11-6-8(15-2)5-10(16-3)13(9)11/h5-6H,4,7,14H2,1-3H3. The lowest BCUT2D eigenvalue weighted by atomic mass is 10.1. The molecule has 0 bridgehead atoms. The lowest BCUT2D eigenvalue weighted by Gasteiger charge is -2.06. The minimum atomic E-state index is 0.392. The number of nitrogens with two attached hydrogens (primary N) is 1. The second kappa shape index (κ2) is 4.67. The van der Waals surface area contributed by atoms with Gasteiger partial charge in [0.15, 0.2) is 0 Å². The number of hydrogen-bond donors (Lipinski definition) is 1. The molecule has 0 saturated carbocycles. The van der Waals surface area contributed by atoms with Gasteiger partial charge in [-0.2, -0.15) is 0 Å². The maximum atomic E-state index is 5.74. The first-order valence-electron chi connectivity index (χ1n) is 5.61. The SMILES string of the molecule is CCc1c(CN)oc2cc(OC)cc(OC)c12. The number of benzene rings is 1. The van der Waals surface area contributed by atoms with Crippen LogP contribution in [0.3, 0.4) is 0 Å². The maximum absolute atomic E-state index is 5.74. The first kappa shape index (κ1) is 11.8. The van der Waals surface area contributed by atoms with Crippen LogP contribution in [0.25, 0.3) is 11.0 Å². The molecule has 17 heavy (non-hydrogen) atoms. The third-order valence-electron chi connectivity index (χ3n) is 2.91. The van der Waals surface area contributed by atoms with Crippen LogP contribution in [0.4, 0.5) is 0 Å². The van der Waals surface area contributed by atoms with Crippen LogP contribution in [0, 0.1) is 0 Å². The summed E-state index contributed by atoms with van der Waals surface area (Å²) in [5, 5.41) is 0.997. The summed E-state index contributed by atoms with van der Waals surface area (Å²) < 4.78 is 16.3. The molecule has 92 valence electrons. The molecule has 1 aromatic carbocycles. The van der Waals surface area contributed by atoms with Crippen molar-refractivity contribution in [3.63, 3.8) is 0 Å². The van der Waals surface area contributed by atoms with E-state index in [1.807, 2.05) is 12.1 Å². The summed E-state index contributed by atoms with van der Waals surface area (Å²) in [6.45, 7) is 2.47. The fraction of sp³-hybridized carbons (Fsp3) is 0.385. The van der Waals surface area contributed by atoms with Gasteiger partial charge in [-0.1, -0.05) is 6.92 Å². The van der Waals surface area contributed by atoms with Crippen molar-refractivity contribution in [1.29, 1.82) is 0 Å². The molecule has 1 heterocycles. The average Bonchev–Trinajstić information content (AvgIpc) is 2.74. The van der Waals surface area contributed by atoms with Gasteiger partial charge in [-0.3, -0.25) is 0 Å². The van der Waals surface area contributed by atoms with Crippen molar-refractivity contribution < 1.29 is 13.9 Å². The summed E-state index contributed by atoms with van der Waals surface area (Å²) in [5.41, 5.74) is 7.56. The lowest BCUT2D eigenvalue weighted by Crippen LogP contribution is -1.97. The highest BCUT2D eigenvalue weighted by Crippen LogP contribution is 2.37. The molecule has 0 unspecified atom stereocenters. The zero-order valence-electron chi connectivity index (χ0n) is 10.4. The smallest absolute Gasteiger partial charge is 0.142 e. The molecule has 0 aliphatic carbocycles. The number of rotatable bonds is 4. The van der Waals surface area contributed by atoms with Crippen LogP contribution >= 0.6 is 0 Å². The number of hydrogen-bond acceptors (Lipinski definition) is 4. The molecule has 0 amide bonds. The highest BCUT2D eigenvalue weighted by molar-refractivity contribution is 5.90. The molecule has 0 fully saturated rings. The molecule has 0 saturated heterocycles. The molecule has 0 radical (unpaired) electrons. The van der Waals surface area contributed by atoms with Crippen molar-refractivity contribution in [2.45, 2.75) is 19.9 Å². The van der Waals surface area contributed by atoms with Crippen LogP contribution in [0.15, 0.2) is 16.5 Å². The maximum Gasteiger partial charge on any atom is 0.142 e. The molecule has 1 aromatic heterocycles. The zero-order chi connectivity index (χ0) is 12.4. The highest BCUT2D eigenvalue weighted by atomic mass is 16.5. The Morgan fingerprint density at radius 1 is 1.24 bits per heavy atom. The van der Waals surface area contributed by atoms with E-state index in [9.17, 15) is 0 Å². The van der Waals surface area contributed by atoms with E-state index in [1.165, 1.54) is 0 Å². The van der Waals surface area contributed by atoms with E-state index in [4.69, 9.17) is 19.6 Å². The highest BCUT2D eigenvalue weighted by Gasteiger charge is 2.17. The Morgan fingerprint density at radius 2 is 2.00 bits per heavy atom. The molecular weight excluding hydrogens is 218 g/mol. The van der Waals surface area contributed by atoms with E-state index in [-0.39, 0.29) is 0 Å². The van der Waals surface area contributed by atoms with Gasteiger partial charge in [0, 0.05) is 17.7 Å². The van der Waals surface area contributed by atoms with Gasteiger partial charge in [0.05, 0.1) is 26.2 Å². The largest absolute Gasteiger partial charge is 0.496 e. The van der Waals surface area contributed by atoms with Gasteiger partial charge in [0.1, 0.15) is 22.8 Å². The van der Waals surface area contributed by atoms with Crippen LogP contribution in [0.2, 0.25) is 0 Å². The Morgan fingerprint density at radius 3 is 2.53 bits per heavy atom. The Balaban J connectivity index is 2.77. The summed E-state index contributed by atoms with van der Waals surface area (Å²) in [4.78, 5) is 0. The Labute approximate surface area is 100 Å². The summed E-state index contributed by atoms with van der Waals surface area (Å²) in [7, 11) is 3.26. The van der Waals surface area contributed by atoms with Crippen LogP contribution in [-0.2, 0) is 13.0 Å². The number of aryl methyl sites for hydroxylation is 1. The molecule has 0 spiro atoms. The monoisotopic (exact) mass is 235 g/mol. The van der Waals surface area contributed by atoms with Crippen molar-refractivity contribution in [2.24, 2.45) is 5.73 Å². The first-order chi connectivity index (χ1) is 8.24. The normalized spacial score (nSPS) is 10.8. The Kier molecular flexibility index (Phi) is 3.24. The van der Waals surface area contributed by atoms with E-state index < -0.39 is 0 Å². The van der Waals surface area contributed by atoms with E-state index >= 15 is 0 Å². The summed E-state index contributed by atoms with van der Waals surface area (Å²) >= 11 is 0. The molecule has 0 aliphatic heterocycles. The van der Waals surface area contributed by atoms with Crippen molar-refractivity contribution in [1.82, 2.24) is 0 Å². The number of furan rings is 1. The topological polar surface area (TPSA) is 57.6 Å². The third-order valence-corrected chi connectivity index (χ3v) is 2.91. The molecule has 2 N–H and O–H groups in total. The van der Waals surface area contributed by atoms with Gasteiger partial charge in [-0.05, 0) is 6.42 Å². The van der Waals surface area contributed by atoms with E-state index in [1.54, 1.807) is 14.2 Å². The van der Waals surface area contributed by atoms with E-state index in [0.717, 1.165) is 34.5 Å². The van der Waals surface area contributed by atoms with Crippen LogP contribution in [-0.4, -0.2) is 14.2 Å². The second-order valence-electron chi connectivity index (χ2n) is 3.76. The van der Waals surface area contributed by atoms with Gasteiger partial charge in [0.25, 0.3) is 0 Å². The average molecular weight is 235 g/mol. The minimum Gasteiger partial charge on any atom is -0.496 e. The first-order valence-corrected chi connectivity index (χ1v) is 5.61. The predicted octanol–water partition coefficient (Wildman–Crippen LogP) is 2.47. The van der Waals surface area contributed by atoms with Crippen LogP contribution in [0.1, 0.15) is 18.2 Å². The Bertz CT molecular complexity index is 531. The molecule has 2 rings (SSSR count). The number of ether oxygens (including phenoxy) is 2. The molecule has 4 nitrogen and oxygen atoms in total. The van der Waals surface area contributed by atoms with Crippen molar-refractivity contribution >= 4 is 11.0 Å². The predicted molar refractivity (Wildman–Crippen MR) is 66.6 cm³/mol. The summed E-state index contributed by atoms with van der Waals surface area (Å²) in [5.74, 6) is 2.29. The number of methoxy groups -OCH3 is 2.